The summed E-state index contributed by atoms with van der Waals surface area (Å²) < 4.78 is 5.50. The van der Waals surface area contributed by atoms with Crippen molar-refractivity contribution < 1.29 is 9.53 Å². The third-order valence-electron chi connectivity index (χ3n) is 4.63. The van der Waals surface area contributed by atoms with Crippen molar-refractivity contribution in [3.05, 3.63) is 63.4 Å². The average Bonchev–Trinajstić information content (AvgIpc) is 3.15. The molecule has 1 saturated heterocycles. The first kappa shape index (κ1) is 18.8. The third-order valence-corrected chi connectivity index (χ3v) is 5.45. The predicted octanol–water partition coefficient (Wildman–Crippen LogP) is 3.65. The fourth-order valence-corrected chi connectivity index (χ4v) is 3.92. The van der Waals surface area contributed by atoms with Gasteiger partial charge in [-0.15, -0.1) is 11.3 Å². The Balaban J connectivity index is 1.70. The normalized spacial score (nSPS) is 17.1. The molecule has 138 valence electrons. The number of thiophene rings is 1. The number of hydrogen-bond donors (Lipinski definition) is 1. The van der Waals surface area contributed by atoms with Crippen LogP contribution in [0.5, 0.6) is 0 Å². The molecule has 5 heteroatoms. The van der Waals surface area contributed by atoms with Crippen molar-refractivity contribution in [2.24, 2.45) is 0 Å². The Morgan fingerprint density at radius 1 is 1.31 bits per heavy atom. The van der Waals surface area contributed by atoms with Gasteiger partial charge >= 0.3 is 0 Å². The molecule has 1 fully saturated rings. The molecule has 3 rings (SSSR count). The van der Waals surface area contributed by atoms with Crippen molar-refractivity contribution in [3.8, 4) is 0 Å². The number of carbonyl (C=O) groups is 1. The molecule has 0 radical (unpaired) electrons. The van der Waals surface area contributed by atoms with Crippen molar-refractivity contribution >= 4 is 23.3 Å². The highest BCUT2D eigenvalue weighted by molar-refractivity contribution is 7.10. The summed E-state index contributed by atoms with van der Waals surface area (Å²) in [6.07, 6.45) is 1.94. The van der Waals surface area contributed by atoms with E-state index in [1.54, 1.807) is 11.3 Å². The molecule has 26 heavy (non-hydrogen) atoms. The summed E-state index contributed by atoms with van der Waals surface area (Å²) in [5.74, 6) is -0.00990. The van der Waals surface area contributed by atoms with E-state index in [0.29, 0.717) is 6.54 Å². The van der Waals surface area contributed by atoms with E-state index in [-0.39, 0.29) is 11.9 Å². The van der Waals surface area contributed by atoms with Gasteiger partial charge in [0.2, 0.25) is 5.91 Å². The topological polar surface area (TPSA) is 41.6 Å². The van der Waals surface area contributed by atoms with E-state index in [2.05, 4.69) is 41.4 Å². The lowest BCUT2D eigenvalue weighted by atomic mass is 10.0. The molecule has 0 saturated carbocycles. The maximum absolute atomic E-state index is 12.5. The van der Waals surface area contributed by atoms with Gasteiger partial charge in [-0.2, -0.15) is 0 Å². The second-order valence-electron chi connectivity index (χ2n) is 6.63. The number of rotatable bonds is 6. The molecular weight excluding hydrogens is 344 g/mol. The minimum absolute atomic E-state index is 0.00990. The summed E-state index contributed by atoms with van der Waals surface area (Å²) >= 11 is 1.64. The fourth-order valence-electron chi connectivity index (χ4n) is 3.21. The zero-order valence-electron chi connectivity index (χ0n) is 15.4. The van der Waals surface area contributed by atoms with E-state index < -0.39 is 0 Å². The standard InChI is InChI=1S/C21H26N2O2S/c1-16-5-3-6-18(13-16)20(23-8-10-25-11-9-23)15-22-21(24)17(2)14-19-7-4-12-26-19/h3-7,12-14,20H,8-11,15H2,1-2H3,(H,22,24)/b17-14+. The number of ether oxygens (including phenoxy) is 1. The molecule has 2 heterocycles. The van der Waals surface area contributed by atoms with Crippen LogP contribution in [0.3, 0.4) is 0 Å². The van der Waals surface area contributed by atoms with E-state index in [9.17, 15) is 4.79 Å². The van der Waals surface area contributed by atoms with Gasteiger partial charge in [-0.1, -0.05) is 35.9 Å². The van der Waals surface area contributed by atoms with E-state index in [1.807, 2.05) is 30.5 Å². The van der Waals surface area contributed by atoms with Gasteiger partial charge in [0.25, 0.3) is 0 Å². The molecule has 1 atom stereocenters. The molecule has 1 aliphatic heterocycles. The monoisotopic (exact) mass is 370 g/mol. The average molecular weight is 371 g/mol. The molecule has 1 unspecified atom stereocenters. The summed E-state index contributed by atoms with van der Waals surface area (Å²) in [5, 5.41) is 5.14. The minimum Gasteiger partial charge on any atom is -0.379 e. The van der Waals surface area contributed by atoms with Crippen LogP contribution in [-0.4, -0.2) is 43.7 Å². The number of aryl methyl sites for hydroxylation is 1. The van der Waals surface area contributed by atoms with Gasteiger partial charge in [0.15, 0.2) is 0 Å². The van der Waals surface area contributed by atoms with Crippen molar-refractivity contribution in [1.82, 2.24) is 10.2 Å². The second-order valence-corrected chi connectivity index (χ2v) is 7.61. The highest BCUT2D eigenvalue weighted by atomic mass is 32.1. The van der Waals surface area contributed by atoms with Gasteiger partial charge in [-0.3, -0.25) is 9.69 Å². The molecule has 1 aromatic carbocycles. The van der Waals surface area contributed by atoms with Gasteiger partial charge in [-0.05, 0) is 36.9 Å². The maximum Gasteiger partial charge on any atom is 0.247 e. The van der Waals surface area contributed by atoms with Crippen molar-refractivity contribution in [2.75, 3.05) is 32.8 Å². The number of morpholine rings is 1. The van der Waals surface area contributed by atoms with Crippen LogP contribution in [0.25, 0.3) is 6.08 Å². The third kappa shape index (κ3) is 5.04. The highest BCUT2D eigenvalue weighted by Gasteiger charge is 2.23. The van der Waals surface area contributed by atoms with Crippen molar-refractivity contribution in [3.63, 3.8) is 0 Å². The molecular formula is C21H26N2O2S. The maximum atomic E-state index is 12.5. The summed E-state index contributed by atoms with van der Waals surface area (Å²) in [6, 6.07) is 12.7. The number of nitrogens with zero attached hydrogens (tertiary/aromatic N) is 1. The number of amides is 1. The summed E-state index contributed by atoms with van der Waals surface area (Å²) in [7, 11) is 0. The molecule has 2 aromatic rings. The van der Waals surface area contributed by atoms with E-state index >= 15 is 0 Å². The van der Waals surface area contributed by atoms with Gasteiger partial charge in [0.05, 0.1) is 19.3 Å². The largest absolute Gasteiger partial charge is 0.379 e. The second kappa shape index (κ2) is 9.12. The molecule has 0 bridgehead atoms. The molecule has 4 nitrogen and oxygen atoms in total. The summed E-state index contributed by atoms with van der Waals surface area (Å²) in [4.78, 5) is 16.0. The molecule has 1 aliphatic rings. The number of hydrogen-bond acceptors (Lipinski definition) is 4. The first-order valence-electron chi connectivity index (χ1n) is 9.02. The summed E-state index contributed by atoms with van der Waals surface area (Å²) in [5.41, 5.74) is 3.21. The number of benzene rings is 1. The highest BCUT2D eigenvalue weighted by Crippen LogP contribution is 2.22. The van der Waals surface area contributed by atoms with E-state index in [0.717, 1.165) is 36.8 Å². The number of nitrogens with one attached hydrogen (secondary N) is 1. The van der Waals surface area contributed by atoms with Gasteiger partial charge in [0, 0.05) is 30.1 Å². The van der Waals surface area contributed by atoms with Crippen LogP contribution in [0.2, 0.25) is 0 Å². The Morgan fingerprint density at radius 2 is 2.12 bits per heavy atom. The first-order valence-corrected chi connectivity index (χ1v) is 9.90. The van der Waals surface area contributed by atoms with Crippen LogP contribution < -0.4 is 5.32 Å². The van der Waals surface area contributed by atoms with Gasteiger partial charge in [0.1, 0.15) is 0 Å². The Bertz CT molecular complexity index is 749. The van der Waals surface area contributed by atoms with Gasteiger partial charge < -0.3 is 10.1 Å². The quantitative estimate of drug-likeness (QED) is 0.789. The van der Waals surface area contributed by atoms with Crippen LogP contribution in [0.15, 0.2) is 47.4 Å². The molecule has 0 spiro atoms. The SMILES string of the molecule is C/C(=C\c1cccs1)C(=O)NCC(c1cccc(C)c1)N1CCOCC1. The van der Waals surface area contributed by atoms with Crippen LogP contribution in [0.1, 0.15) is 29.0 Å². The molecule has 1 aromatic heterocycles. The lowest BCUT2D eigenvalue weighted by molar-refractivity contribution is -0.117. The van der Waals surface area contributed by atoms with Crippen LogP contribution in [-0.2, 0) is 9.53 Å². The molecule has 1 amide bonds. The predicted molar refractivity (Wildman–Crippen MR) is 107 cm³/mol. The van der Waals surface area contributed by atoms with Crippen LogP contribution in [0.4, 0.5) is 0 Å². The van der Waals surface area contributed by atoms with Crippen molar-refractivity contribution in [1.29, 1.82) is 0 Å². The van der Waals surface area contributed by atoms with E-state index in [1.165, 1.54) is 11.1 Å². The summed E-state index contributed by atoms with van der Waals surface area (Å²) in [6.45, 7) is 7.83. The lowest BCUT2D eigenvalue weighted by Crippen LogP contribution is -2.44. The lowest BCUT2D eigenvalue weighted by Gasteiger charge is -2.35. The minimum atomic E-state index is -0.00990. The zero-order valence-corrected chi connectivity index (χ0v) is 16.2. The first-order chi connectivity index (χ1) is 12.6. The van der Waals surface area contributed by atoms with E-state index in [4.69, 9.17) is 4.74 Å². The fraction of sp³-hybridized carbons (Fsp3) is 0.381. The Kier molecular flexibility index (Phi) is 6.61. The zero-order chi connectivity index (χ0) is 18.4. The Labute approximate surface area is 159 Å². The Morgan fingerprint density at radius 3 is 2.81 bits per heavy atom. The van der Waals surface area contributed by atoms with Crippen molar-refractivity contribution in [2.45, 2.75) is 19.9 Å². The molecule has 0 aliphatic carbocycles. The molecule has 1 N–H and O–H groups in total. The van der Waals surface area contributed by atoms with Gasteiger partial charge in [-0.25, -0.2) is 0 Å². The Hall–Kier alpha value is -1.95. The van der Waals surface area contributed by atoms with Crippen LogP contribution in [0, 0.1) is 6.92 Å². The smallest absolute Gasteiger partial charge is 0.247 e. The number of carbonyl (C=O) groups excluding carboxylic acids is 1. The van der Waals surface area contributed by atoms with Crippen LogP contribution >= 0.6 is 11.3 Å².